The van der Waals surface area contributed by atoms with Gasteiger partial charge in [-0.1, -0.05) is 10.3 Å². The minimum atomic E-state index is -0.646. The first-order chi connectivity index (χ1) is 6.14. The standard InChI is InChI=1S/C8H8N2O3/c1-7-3-4-8(2,12-11-7)6-5(7)9-13-10-6/h3-4H,1-2H3. The van der Waals surface area contributed by atoms with E-state index in [0.717, 1.165) is 0 Å². The van der Waals surface area contributed by atoms with Crippen molar-refractivity contribution in [3.8, 4) is 0 Å². The van der Waals surface area contributed by atoms with Gasteiger partial charge in [-0.15, -0.1) is 0 Å². The van der Waals surface area contributed by atoms with E-state index in [1.54, 1.807) is 0 Å². The summed E-state index contributed by atoms with van der Waals surface area (Å²) in [7, 11) is 0. The molecule has 4 rings (SSSR count). The molecular formula is C8H8N2O3. The van der Waals surface area contributed by atoms with E-state index < -0.39 is 11.2 Å². The highest BCUT2D eigenvalue weighted by atomic mass is 17.2. The molecule has 0 spiro atoms. The predicted molar refractivity (Wildman–Crippen MR) is 40.3 cm³/mol. The first-order valence-electron chi connectivity index (χ1n) is 4.05. The van der Waals surface area contributed by atoms with Crippen LogP contribution in [0.3, 0.4) is 0 Å². The van der Waals surface area contributed by atoms with Crippen molar-refractivity contribution >= 4 is 0 Å². The number of aromatic nitrogens is 2. The van der Waals surface area contributed by atoms with Gasteiger partial charge < -0.3 is 0 Å². The van der Waals surface area contributed by atoms with Crippen molar-refractivity contribution in [2.75, 3.05) is 0 Å². The van der Waals surface area contributed by atoms with E-state index in [1.165, 1.54) is 0 Å². The lowest BCUT2D eigenvalue weighted by Gasteiger charge is -2.40. The van der Waals surface area contributed by atoms with Crippen LogP contribution in [0.5, 0.6) is 0 Å². The topological polar surface area (TPSA) is 57.4 Å². The van der Waals surface area contributed by atoms with Crippen LogP contribution in [0.15, 0.2) is 16.8 Å². The Morgan fingerprint density at radius 1 is 1.00 bits per heavy atom. The molecule has 2 bridgehead atoms. The summed E-state index contributed by atoms with van der Waals surface area (Å²) in [5.41, 5.74) is 0.104. The van der Waals surface area contributed by atoms with Gasteiger partial charge in [0.05, 0.1) is 0 Å². The van der Waals surface area contributed by atoms with Crippen molar-refractivity contribution in [2.24, 2.45) is 0 Å². The van der Waals surface area contributed by atoms with Crippen molar-refractivity contribution in [1.82, 2.24) is 10.3 Å². The van der Waals surface area contributed by atoms with E-state index in [0.29, 0.717) is 11.4 Å². The highest BCUT2D eigenvalue weighted by Gasteiger charge is 2.51. The van der Waals surface area contributed by atoms with Crippen molar-refractivity contribution in [3.63, 3.8) is 0 Å². The van der Waals surface area contributed by atoms with Crippen LogP contribution in [0.1, 0.15) is 25.2 Å². The molecule has 1 aliphatic carbocycles. The van der Waals surface area contributed by atoms with Crippen LogP contribution >= 0.6 is 0 Å². The lowest BCUT2D eigenvalue weighted by Crippen LogP contribution is -2.44. The first-order valence-corrected chi connectivity index (χ1v) is 4.05. The maximum absolute atomic E-state index is 5.20. The van der Waals surface area contributed by atoms with E-state index in [9.17, 15) is 0 Å². The zero-order valence-electron chi connectivity index (χ0n) is 7.27. The molecule has 2 atom stereocenters. The molecule has 0 saturated carbocycles. The second-order valence-corrected chi connectivity index (χ2v) is 3.68. The van der Waals surface area contributed by atoms with Gasteiger partial charge in [0.2, 0.25) is 0 Å². The summed E-state index contributed by atoms with van der Waals surface area (Å²) in [6, 6.07) is 0. The molecule has 5 heteroatoms. The molecule has 0 N–H and O–H groups in total. The number of nitrogens with zero attached hydrogens (tertiary/aromatic N) is 2. The summed E-state index contributed by atoms with van der Waals surface area (Å²) in [6.45, 7) is 3.70. The predicted octanol–water partition coefficient (Wildman–Crippen LogP) is 1.03. The van der Waals surface area contributed by atoms with Crippen molar-refractivity contribution < 1.29 is 14.4 Å². The Labute approximate surface area is 74.2 Å². The fourth-order valence-electron chi connectivity index (χ4n) is 1.62. The van der Waals surface area contributed by atoms with E-state index in [4.69, 9.17) is 9.78 Å². The van der Waals surface area contributed by atoms with Crippen molar-refractivity contribution in [1.29, 1.82) is 0 Å². The lowest BCUT2D eigenvalue weighted by atomic mass is 9.84. The molecule has 1 aromatic heterocycles. The molecule has 0 saturated heterocycles. The Bertz CT molecular complexity index is 365. The third-order valence-corrected chi connectivity index (χ3v) is 2.54. The highest BCUT2D eigenvalue weighted by molar-refractivity contribution is 5.37. The molecule has 13 heavy (non-hydrogen) atoms. The molecule has 1 aromatic rings. The van der Waals surface area contributed by atoms with Crippen LogP contribution in [0.2, 0.25) is 0 Å². The Morgan fingerprint density at radius 2 is 1.46 bits per heavy atom. The van der Waals surface area contributed by atoms with Gasteiger partial charge in [0.25, 0.3) is 0 Å². The molecule has 0 fully saturated rings. The van der Waals surface area contributed by atoms with Crippen LogP contribution in [0, 0.1) is 0 Å². The molecule has 2 aliphatic heterocycles. The van der Waals surface area contributed by atoms with Gasteiger partial charge in [-0.2, -0.15) is 0 Å². The van der Waals surface area contributed by atoms with Crippen LogP contribution in [0.25, 0.3) is 0 Å². The normalized spacial score (nSPS) is 40.8. The number of rotatable bonds is 0. The summed E-state index contributed by atoms with van der Waals surface area (Å²) in [6.07, 6.45) is 3.81. The average molecular weight is 180 g/mol. The second kappa shape index (κ2) is 1.83. The Morgan fingerprint density at radius 3 is 1.85 bits per heavy atom. The number of hydrogen-bond donors (Lipinski definition) is 0. The van der Waals surface area contributed by atoms with Gasteiger partial charge in [0.15, 0.2) is 22.6 Å². The molecular weight excluding hydrogens is 172 g/mol. The van der Waals surface area contributed by atoms with E-state index in [-0.39, 0.29) is 0 Å². The zero-order valence-corrected chi connectivity index (χ0v) is 7.27. The molecule has 0 radical (unpaired) electrons. The summed E-state index contributed by atoms with van der Waals surface area (Å²) >= 11 is 0. The van der Waals surface area contributed by atoms with E-state index in [2.05, 4.69) is 14.9 Å². The third-order valence-electron chi connectivity index (χ3n) is 2.54. The largest absolute Gasteiger partial charge is 0.244 e. The van der Waals surface area contributed by atoms with Gasteiger partial charge in [-0.25, -0.2) is 14.4 Å². The van der Waals surface area contributed by atoms with Crippen LogP contribution in [-0.2, 0) is 21.0 Å². The average Bonchev–Trinajstić information content (AvgIpc) is 2.59. The van der Waals surface area contributed by atoms with Gasteiger partial charge in [-0.3, -0.25) is 0 Å². The van der Waals surface area contributed by atoms with Gasteiger partial charge in [-0.05, 0) is 26.0 Å². The second-order valence-electron chi connectivity index (χ2n) is 3.68. The Balaban J connectivity index is 2.34. The van der Waals surface area contributed by atoms with Crippen LogP contribution < -0.4 is 0 Å². The van der Waals surface area contributed by atoms with Crippen molar-refractivity contribution in [3.05, 3.63) is 23.5 Å². The molecule has 0 amide bonds. The van der Waals surface area contributed by atoms with E-state index >= 15 is 0 Å². The van der Waals surface area contributed by atoms with Crippen LogP contribution in [-0.4, -0.2) is 10.3 Å². The smallest absolute Gasteiger partial charge is 0.166 e. The maximum Gasteiger partial charge on any atom is 0.166 e. The third kappa shape index (κ3) is 0.691. The molecule has 68 valence electrons. The molecule has 2 unspecified atom stereocenters. The molecule has 3 aliphatic rings. The fourth-order valence-corrected chi connectivity index (χ4v) is 1.62. The van der Waals surface area contributed by atoms with Gasteiger partial charge in [0, 0.05) is 0 Å². The highest BCUT2D eigenvalue weighted by Crippen LogP contribution is 2.46. The molecule has 3 heterocycles. The summed E-state index contributed by atoms with van der Waals surface area (Å²) in [5.74, 6) is 0. The van der Waals surface area contributed by atoms with Gasteiger partial charge in [0.1, 0.15) is 0 Å². The van der Waals surface area contributed by atoms with Gasteiger partial charge >= 0.3 is 0 Å². The Hall–Kier alpha value is -1.20. The SMILES string of the molecule is CC12C=CC(C)(OO1)c1nonc12. The first kappa shape index (κ1) is 7.23. The minimum absolute atomic E-state index is 0.646. The fraction of sp³-hybridized carbons (Fsp3) is 0.500. The number of fused-ring (bicyclic) bond motifs is 1. The monoisotopic (exact) mass is 180 g/mol. The Kier molecular flexibility index (Phi) is 1.02. The minimum Gasteiger partial charge on any atom is -0.244 e. The quantitative estimate of drug-likeness (QED) is 0.441. The number of hydrogen-bond acceptors (Lipinski definition) is 5. The zero-order chi connectivity index (χ0) is 9.10. The molecule has 5 nitrogen and oxygen atoms in total. The summed E-state index contributed by atoms with van der Waals surface area (Å²) in [4.78, 5) is 10.4. The summed E-state index contributed by atoms with van der Waals surface area (Å²) in [5, 5.41) is 7.63. The van der Waals surface area contributed by atoms with Crippen molar-refractivity contribution in [2.45, 2.75) is 25.0 Å². The maximum atomic E-state index is 5.20. The van der Waals surface area contributed by atoms with Crippen LogP contribution in [0.4, 0.5) is 0 Å². The molecule has 0 aromatic carbocycles. The van der Waals surface area contributed by atoms with E-state index in [1.807, 2.05) is 26.0 Å². The lowest BCUT2D eigenvalue weighted by molar-refractivity contribution is -0.416. The summed E-state index contributed by atoms with van der Waals surface area (Å²) < 4.78 is 4.68.